The average Bonchev–Trinajstić information content (AvgIpc) is 2.49. The number of fused-ring (bicyclic) bond motifs is 1. The summed E-state index contributed by atoms with van der Waals surface area (Å²) in [6.07, 6.45) is 0.284. The maximum absolute atomic E-state index is 12.2. The molecule has 0 fully saturated rings. The molecule has 0 saturated carbocycles. The summed E-state index contributed by atoms with van der Waals surface area (Å²) in [4.78, 5) is 25.6. The lowest BCUT2D eigenvalue weighted by molar-refractivity contribution is -0.0645. The van der Waals surface area contributed by atoms with Crippen LogP contribution in [0.5, 0.6) is 5.75 Å². The van der Waals surface area contributed by atoms with Gasteiger partial charge in [-0.1, -0.05) is 0 Å². The highest BCUT2D eigenvalue weighted by Crippen LogP contribution is 2.41. The summed E-state index contributed by atoms with van der Waals surface area (Å²) < 4.78 is 7.05. The predicted octanol–water partition coefficient (Wildman–Crippen LogP) is 0.530. The van der Waals surface area contributed by atoms with Crippen molar-refractivity contribution in [3.63, 3.8) is 0 Å². The van der Waals surface area contributed by atoms with Crippen LogP contribution in [0.4, 0.5) is 0 Å². The van der Waals surface area contributed by atoms with Crippen molar-refractivity contribution in [2.24, 2.45) is 0 Å². The van der Waals surface area contributed by atoms with Crippen LogP contribution < -0.4 is 16.0 Å². The number of aromatic nitrogens is 2. The van der Waals surface area contributed by atoms with Gasteiger partial charge < -0.3 is 9.84 Å². The molecule has 0 radical (unpaired) electrons. The molecule has 0 saturated heterocycles. The van der Waals surface area contributed by atoms with Crippen molar-refractivity contribution in [3.05, 3.63) is 62.4 Å². The molecule has 0 unspecified atom stereocenters. The first kappa shape index (κ1) is 15.1. The maximum Gasteiger partial charge on any atom is 0.328 e. The van der Waals surface area contributed by atoms with Gasteiger partial charge in [-0.3, -0.25) is 14.3 Å². The van der Waals surface area contributed by atoms with E-state index in [4.69, 9.17) is 10.00 Å². The van der Waals surface area contributed by atoms with E-state index in [1.807, 2.05) is 6.07 Å². The van der Waals surface area contributed by atoms with Gasteiger partial charge in [0.25, 0.3) is 5.56 Å². The van der Waals surface area contributed by atoms with Crippen LogP contribution >= 0.6 is 0 Å². The molecule has 3 rings (SSSR count). The fourth-order valence-corrected chi connectivity index (χ4v) is 2.78. The van der Waals surface area contributed by atoms with Crippen LogP contribution in [0.15, 0.2) is 40.1 Å². The third-order valence-electron chi connectivity index (χ3n) is 3.99. The molecule has 23 heavy (non-hydrogen) atoms. The van der Waals surface area contributed by atoms with E-state index >= 15 is 0 Å². The Bertz CT molecular complexity index is 920. The van der Waals surface area contributed by atoms with Crippen molar-refractivity contribution < 1.29 is 9.84 Å². The Balaban J connectivity index is 2.28. The molecule has 2 N–H and O–H groups in total. The van der Waals surface area contributed by atoms with Gasteiger partial charge in [0.15, 0.2) is 0 Å². The van der Waals surface area contributed by atoms with Crippen LogP contribution in [-0.4, -0.2) is 26.4 Å². The van der Waals surface area contributed by atoms with Crippen LogP contribution in [0.1, 0.15) is 31.0 Å². The number of aromatic amines is 1. The number of hydrogen-bond acceptors (Lipinski definition) is 5. The van der Waals surface area contributed by atoms with Gasteiger partial charge in [-0.05, 0) is 32.0 Å². The van der Waals surface area contributed by atoms with Gasteiger partial charge in [-0.25, -0.2) is 4.79 Å². The first-order chi connectivity index (χ1) is 10.8. The van der Waals surface area contributed by atoms with Crippen molar-refractivity contribution in [1.29, 1.82) is 5.26 Å². The number of nitrogens with one attached hydrogen (secondary N) is 1. The lowest BCUT2D eigenvalue weighted by Gasteiger charge is -2.42. The molecule has 7 nitrogen and oxygen atoms in total. The van der Waals surface area contributed by atoms with Crippen molar-refractivity contribution in [2.75, 3.05) is 0 Å². The molecule has 7 heteroatoms. The number of ether oxygens (including phenoxy) is 1. The molecule has 1 aliphatic heterocycles. The quantitative estimate of drug-likeness (QED) is 0.798. The van der Waals surface area contributed by atoms with Gasteiger partial charge in [-0.15, -0.1) is 0 Å². The van der Waals surface area contributed by atoms with Crippen LogP contribution in [0.3, 0.4) is 0 Å². The highest BCUT2D eigenvalue weighted by atomic mass is 16.5. The van der Waals surface area contributed by atoms with E-state index in [2.05, 4.69) is 4.98 Å². The fourth-order valence-electron chi connectivity index (χ4n) is 2.78. The zero-order chi connectivity index (χ0) is 16.8. The Morgan fingerprint density at radius 1 is 1.35 bits per heavy atom. The topological polar surface area (TPSA) is 108 Å². The van der Waals surface area contributed by atoms with E-state index in [0.717, 1.165) is 0 Å². The number of benzene rings is 1. The molecule has 0 spiro atoms. The van der Waals surface area contributed by atoms with Gasteiger partial charge in [0, 0.05) is 17.8 Å². The highest BCUT2D eigenvalue weighted by molar-refractivity contribution is 5.46. The van der Waals surface area contributed by atoms with E-state index in [-0.39, 0.29) is 0 Å². The van der Waals surface area contributed by atoms with Gasteiger partial charge in [0.05, 0.1) is 17.7 Å². The van der Waals surface area contributed by atoms with E-state index in [1.165, 1.54) is 16.8 Å². The zero-order valence-corrected chi connectivity index (χ0v) is 12.6. The summed E-state index contributed by atoms with van der Waals surface area (Å²) in [5.41, 5.74) is -1.18. The predicted molar refractivity (Wildman–Crippen MR) is 81.3 cm³/mol. The van der Waals surface area contributed by atoms with Crippen LogP contribution in [0, 0.1) is 11.3 Å². The summed E-state index contributed by atoms with van der Waals surface area (Å²) >= 11 is 0. The summed E-state index contributed by atoms with van der Waals surface area (Å²) in [6, 6.07) is 7.30. The van der Waals surface area contributed by atoms with E-state index in [9.17, 15) is 14.7 Å². The van der Waals surface area contributed by atoms with Crippen molar-refractivity contribution in [2.45, 2.75) is 31.6 Å². The van der Waals surface area contributed by atoms with E-state index < -0.39 is 29.0 Å². The monoisotopic (exact) mass is 313 g/mol. The molecular formula is C16H15N3O4. The van der Waals surface area contributed by atoms with Crippen LogP contribution in [0.25, 0.3) is 0 Å². The zero-order valence-electron chi connectivity index (χ0n) is 12.6. The second kappa shape index (κ2) is 5.11. The van der Waals surface area contributed by atoms with Crippen molar-refractivity contribution in [1.82, 2.24) is 9.55 Å². The normalized spacial score (nSPS) is 21.8. The molecule has 2 atom stereocenters. The van der Waals surface area contributed by atoms with Gasteiger partial charge in [0.1, 0.15) is 17.5 Å². The van der Waals surface area contributed by atoms with E-state index in [0.29, 0.717) is 16.9 Å². The summed E-state index contributed by atoms with van der Waals surface area (Å²) in [5.74, 6) is 0.488. The van der Waals surface area contributed by atoms with Gasteiger partial charge in [0.2, 0.25) is 0 Å². The van der Waals surface area contributed by atoms with Crippen LogP contribution in [-0.2, 0) is 0 Å². The number of nitriles is 1. The standard InChI is InChI=1S/C16H15N3O4/c1-16(2)14(21)13(19-6-5-12(20)18-15(19)22)10-7-9(8-17)3-4-11(10)23-16/h3-7,13-14,21H,1-2H3,(H,18,20,22)/t13-,14+/m1/s1. The Kier molecular flexibility index (Phi) is 3.34. The molecule has 118 valence electrons. The smallest absolute Gasteiger partial charge is 0.328 e. The minimum Gasteiger partial charge on any atom is -0.485 e. The molecule has 1 aliphatic rings. The first-order valence-corrected chi connectivity index (χ1v) is 7.06. The molecule has 1 aromatic carbocycles. The fraction of sp³-hybridized carbons (Fsp3) is 0.312. The Labute approximate surface area is 131 Å². The molecule has 2 heterocycles. The Hall–Kier alpha value is -2.85. The molecule has 0 aliphatic carbocycles. The number of hydrogen-bond donors (Lipinski definition) is 2. The average molecular weight is 313 g/mol. The van der Waals surface area contributed by atoms with Gasteiger partial charge in [-0.2, -0.15) is 5.26 Å². The van der Waals surface area contributed by atoms with Crippen molar-refractivity contribution in [3.8, 4) is 11.8 Å². The van der Waals surface area contributed by atoms with Crippen molar-refractivity contribution >= 4 is 0 Å². The first-order valence-electron chi connectivity index (χ1n) is 7.06. The summed E-state index contributed by atoms with van der Waals surface area (Å²) in [6.45, 7) is 3.42. The number of aliphatic hydroxyl groups excluding tert-OH is 1. The Morgan fingerprint density at radius 2 is 2.09 bits per heavy atom. The lowest BCUT2D eigenvalue weighted by Crippen LogP contribution is -2.52. The second-order valence-electron chi connectivity index (χ2n) is 5.98. The molecule has 0 bridgehead atoms. The highest BCUT2D eigenvalue weighted by Gasteiger charge is 2.44. The maximum atomic E-state index is 12.2. The minimum absolute atomic E-state index is 0.390. The molecule has 2 aromatic rings. The number of rotatable bonds is 1. The summed E-state index contributed by atoms with van der Waals surface area (Å²) in [5, 5.41) is 19.8. The van der Waals surface area contributed by atoms with Gasteiger partial charge >= 0.3 is 5.69 Å². The third-order valence-corrected chi connectivity index (χ3v) is 3.99. The largest absolute Gasteiger partial charge is 0.485 e. The third kappa shape index (κ3) is 2.43. The van der Waals surface area contributed by atoms with E-state index in [1.54, 1.807) is 32.0 Å². The minimum atomic E-state index is -1.05. The SMILES string of the molecule is CC1(C)Oc2ccc(C#N)cc2[C@@H](n2ccc(=O)[nH]c2=O)[C@@H]1O. The molecule has 1 aromatic heterocycles. The number of aliphatic hydroxyl groups is 1. The lowest BCUT2D eigenvalue weighted by atomic mass is 9.85. The van der Waals surface area contributed by atoms with Crippen LogP contribution in [0.2, 0.25) is 0 Å². The number of H-pyrrole nitrogens is 1. The number of nitrogens with zero attached hydrogens (tertiary/aromatic N) is 2. The molecule has 0 amide bonds. The Morgan fingerprint density at radius 3 is 2.74 bits per heavy atom. The second-order valence-corrected chi connectivity index (χ2v) is 5.98. The molecular weight excluding hydrogens is 298 g/mol. The summed E-state index contributed by atoms with van der Waals surface area (Å²) in [7, 11) is 0.